The number of rotatable bonds is 8. The van der Waals surface area contributed by atoms with E-state index in [1.54, 1.807) is 17.7 Å². The molecule has 0 saturated heterocycles. The molecule has 126 valence electrons. The van der Waals surface area contributed by atoms with Crippen molar-refractivity contribution in [3.8, 4) is 0 Å². The first kappa shape index (κ1) is 18.0. The molecule has 0 radical (unpaired) electrons. The van der Waals surface area contributed by atoms with E-state index in [2.05, 4.69) is 27.7 Å². The Morgan fingerprint density at radius 3 is 1.52 bits per heavy atom. The van der Waals surface area contributed by atoms with Crippen molar-refractivity contribution in [1.29, 1.82) is 0 Å². The van der Waals surface area contributed by atoms with E-state index in [0.29, 0.717) is 0 Å². The van der Waals surface area contributed by atoms with Crippen molar-refractivity contribution >= 4 is 10.8 Å². The molecule has 0 saturated carbocycles. The second-order valence-corrected chi connectivity index (χ2v) is 6.60. The maximum absolute atomic E-state index is 13.9. The molecule has 0 nitrogen and oxygen atoms in total. The van der Waals surface area contributed by atoms with Gasteiger partial charge >= 0.3 is 0 Å². The Kier molecular flexibility index (Phi) is 6.62. The van der Waals surface area contributed by atoms with Crippen LogP contribution in [0.3, 0.4) is 0 Å². The Bertz CT molecular complexity index is 655. The Labute approximate surface area is 141 Å². The Morgan fingerprint density at radius 2 is 1.04 bits per heavy atom. The standard InChI is InChI=1S/C22H31F/c1-5-9-17-18(10-6-2)20(12-8-4)22-15-16(23)13-14-21(22)19(17)11-7-3/h13-15H,5-12H2,1-4H3. The lowest BCUT2D eigenvalue weighted by Crippen LogP contribution is -2.07. The lowest BCUT2D eigenvalue weighted by atomic mass is 9.82. The van der Waals surface area contributed by atoms with E-state index < -0.39 is 0 Å². The molecule has 0 amide bonds. The fourth-order valence-corrected chi connectivity index (χ4v) is 3.89. The van der Waals surface area contributed by atoms with Crippen molar-refractivity contribution in [2.24, 2.45) is 0 Å². The summed E-state index contributed by atoms with van der Waals surface area (Å²) in [6.45, 7) is 8.98. The van der Waals surface area contributed by atoms with Crippen molar-refractivity contribution in [3.63, 3.8) is 0 Å². The third-order valence-corrected chi connectivity index (χ3v) is 4.72. The van der Waals surface area contributed by atoms with Gasteiger partial charge in [-0.3, -0.25) is 0 Å². The zero-order chi connectivity index (χ0) is 16.8. The Hall–Kier alpha value is -1.37. The third kappa shape index (κ3) is 3.76. The first-order chi connectivity index (χ1) is 11.2. The van der Waals surface area contributed by atoms with Crippen LogP contribution in [0.2, 0.25) is 0 Å². The highest BCUT2D eigenvalue weighted by Gasteiger charge is 2.18. The van der Waals surface area contributed by atoms with Crippen molar-refractivity contribution < 1.29 is 4.39 Å². The van der Waals surface area contributed by atoms with Crippen LogP contribution in [-0.4, -0.2) is 0 Å². The molecule has 0 unspecified atom stereocenters. The summed E-state index contributed by atoms with van der Waals surface area (Å²) in [4.78, 5) is 0. The van der Waals surface area contributed by atoms with Gasteiger partial charge in [-0.25, -0.2) is 4.39 Å². The first-order valence-electron chi connectivity index (χ1n) is 9.42. The van der Waals surface area contributed by atoms with Crippen molar-refractivity contribution in [1.82, 2.24) is 0 Å². The predicted octanol–water partition coefficient (Wildman–Crippen LogP) is 6.79. The molecule has 0 aliphatic rings. The summed E-state index contributed by atoms with van der Waals surface area (Å²) in [7, 11) is 0. The molecular weight excluding hydrogens is 283 g/mol. The molecule has 0 aromatic heterocycles. The zero-order valence-electron chi connectivity index (χ0n) is 15.3. The summed E-state index contributed by atoms with van der Waals surface area (Å²) in [5.74, 6) is -0.108. The van der Waals surface area contributed by atoms with Gasteiger partial charge in [0.2, 0.25) is 0 Å². The van der Waals surface area contributed by atoms with Gasteiger partial charge < -0.3 is 0 Å². The maximum Gasteiger partial charge on any atom is 0.123 e. The van der Waals surface area contributed by atoms with Crippen LogP contribution in [-0.2, 0) is 25.7 Å². The first-order valence-corrected chi connectivity index (χ1v) is 9.42. The fourth-order valence-electron chi connectivity index (χ4n) is 3.89. The highest BCUT2D eigenvalue weighted by Crippen LogP contribution is 2.34. The predicted molar refractivity (Wildman–Crippen MR) is 99.9 cm³/mol. The van der Waals surface area contributed by atoms with E-state index in [4.69, 9.17) is 0 Å². The highest BCUT2D eigenvalue weighted by atomic mass is 19.1. The van der Waals surface area contributed by atoms with E-state index in [-0.39, 0.29) is 5.82 Å². The van der Waals surface area contributed by atoms with E-state index in [9.17, 15) is 4.39 Å². The number of fused-ring (bicyclic) bond motifs is 1. The average Bonchev–Trinajstić information content (AvgIpc) is 2.54. The zero-order valence-corrected chi connectivity index (χ0v) is 15.3. The molecule has 0 N–H and O–H groups in total. The van der Waals surface area contributed by atoms with Gasteiger partial charge in [-0.15, -0.1) is 0 Å². The van der Waals surface area contributed by atoms with Crippen LogP contribution in [0.5, 0.6) is 0 Å². The summed E-state index contributed by atoms with van der Waals surface area (Å²) in [5.41, 5.74) is 5.98. The van der Waals surface area contributed by atoms with Gasteiger partial charge in [0.15, 0.2) is 0 Å². The minimum Gasteiger partial charge on any atom is -0.207 e. The van der Waals surface area contributed by atoms with Crippen LogP contribution in [0.4, 0.5) is 4.39 Å². The van der Waals surface area contributed by atoms with E-state index in [0.717, 1.165) is 44.9 Å². The van der Waals surface area contributed by atoms with Gasteiger partial charge in [0.25, 0.3) is 0 Å². The number of benzene rings is 2. The molecular formula is C22H31F. The van der Waals surface area contributed by atoms with Crippen LogP contribution in [0.1, 0.15) is 75.6 Å². The van der Waals surface area contributed by atoms with Gasteiger partial charge in [-0.1, -0.05) is 59.4 Å². The second kappa shape index (κ2) is 8.47. The van der Waals surface area contributed by atoms with Crippen molar-refractivity contribution in [2.45, 2.75) is 79.1 Å². The quantitative estimate of drug-likeness (QED) is 0.503. The second-order valence-electron chi connectivity index (χ2n) is 6.60. The molecule has 2 rings (SSSR count). The number of halogens is 1. The van der Waals surface area contributed by atoms with Crippen LogP contribution in [0.15, 0.2) is 18.2 Å². The minimum atomic E-state index is -0.108. The average molecular weight is 314 g/mol. The molecule has 0 fully saturated rings. The summed E-state index contributed by atoms with van der Waals surface area (Å²) in [5, 5.41) is 2.46. The minimum absolute atomic E-state index is 0.108. The largest absolute Gasteiger partial charge is 0.207 e. The van der Waals surface area contributed by atoms with Crippen LogP contribution < -0.4 is 0 Å². The van der Waals surface area contributed by atoms with Crippen LogP contribution in [0.25, 0.3) is 10.8 Å². The monoisotopic (exact) mass is 314 g/mol. The van der Waals surface area contributed by atoms with Crippen LogP contribution in [0, 0.1) is 5.82 Å². The Balaban J connectivity index is 2.86. The SMILES string of the molecule is CCCc1c(CCC)c(CCC)c2cc(F)ccc2c1CCC. The van der Waals surface area contributed by atoms with Crippen molar-refractivity contribution in [2.75, 3.05) is 0 Å². The number of hydrogen-bond donors (Lipinski definition) is 0. The fraction of sp³-hybridized carbons (Fsp3) is 0.545. The van der Waals surface area contributed by atoms with E-state index >= 15 is 0 Å². The van der Waals surface area contributed by atoms with Gasteiger partial charge in [-0.05, 0) is 70.8 Å². The Morgan fingerprint density at radius 1 is 0.609 bits per heavy atom. The van der Waals surface area contributed by atoms with Gasteiger partial charge in [0.1, 0.15) is 5.82 Å². The van der Waals surface area contributed by atoms with E-state index in [1.807, 2.05) is 6.07 Å². The molecule has 0 heterocycles. The molecule has 1 heteroatoms. The molecule has 23 heavy (non-hydrogen) atoms. The van der Waals surface area contributed by atoms with Gasteiger partial charge in [0.05, 0.1) is 0 Å². The molecule has 0 aliphatic heterocycles. The maximum atomic E-state index is 13.9. The molecule has 0 atom stereocenters. The molecule has 0 bridgehead atoms. The lowest BCUT2D eigenvalue weighted by Gasteiger charge is -2.22. The lowest BCUT2D eigenvalue weighted by molar-refractivity contribution is 0.629. The molecule has 0 aliphatic carbocycles. The smallest absolute Gasteiger partial charge is 0.123 e. The van der Waals surface area contributed by atoms with Crippen LogP contribution >= 0.6 is 0 Å². The van der Waals surface area contributed by atoms with E-state index in [1.165, 1.54) is 33.9 Å². The molecule has 2 aromatic rings. The highest BCUT2D eigenvalue weighted by molar-refractivity contribution is 5.91. The summed E-state index contributed by atoms with van der Waals surface area (Å²) in [6.07, 6.45) is 9.00. The molecule has 2 aromatic carbocycles. The normalized spacial score (nSPS) is 11.3. The third-order valence-electron chi connectivity index (χ3n) is 4.72. The van der Waals surface area contributed by atoms with Crippen molar-refractivity contribution in [3.05, 3.63) is 46.3 Å². The summed E-state index contributed by atoms with van der Waals surface area (Å²) >= 11 is 0. The number of hydrogen-bond acceptors (Lipinski definition) is 0. The van der Waals surface area contributed by atoms with Gasteiger partial charge in [-0.2, -0.15) is 0 Å². The number of aryl methyl sites for hydroxylation is 2. The molecule has 0 spiro atoms. The topological polar surface area (TPSA) is 0 Å². The summed E-state index contributed by atoms with van der Waals surface area (Å²) in [6, 6.07) is 5.42. The summed E-state index contributed by atoms with van der Waals surface area (Å²) < 4.78 is 13.9. The van der Waals surface area contributed by atoms with Gasteiger partial charge in [0, 0.05) is 0 Å².